The average molecular weight is 287 g/mol. The number of para-hydroxylation sites is 1. The lowest BCUT2D eigenvalue weighted by atomic mass is 10.3. The Hall–Kier alpha value is -2.40. The van der Waals surface area contributed by atoms with Crippen LogP contribution in [0.4, 0.5) is 0 Å². The minimum absolute atomic E-state index is 0.263. The van der Waals surface area contributed by atoms with E-state index in [1.54, 1.807) is 23.3 Å². The number of nitrogens with zero attached hydrogens (tertiary/aromatic N) is 4. The largest absolute Gasteiger partial charge is 0.423 e. The first kappa shape index (κ1) is 12.6. The van der Waals surface area contributed by atoms with Crippen LogP contribution in [0.1, 0.15) is 5.56 Å². The van der Waals surface area contributed by atoms with E-state index in [-0.39, 0.29) is 6.01 Å². The van der Waals surface area contributed by atoms with Crippen molar-refractivity contribution in [3.63, 3.8) is 0 Å². The first-order chi connectivity index (χ1) is 9.72. The lowest BCUT2D eigenvalue weighted by Crippen LogP contribution is -1.95. The van der Waals surface area contributed by atoms with E-state index in [4.69, 9.17) is 16.3 Å². The minimum Gasteiger partial charge on any atom is -0.423 e. The Morgan fingerprint density at radius 2 is 1.95 bits per heavy atom. The molecule has 0 bridgehead atoms. The van der Waals surface area contributed by atoms with Gasteiger partial charge in [-0.15, -0.1) is 5.10 Å². The van der Waals surface area contributed by atoms with Crippen LogP contribution in [0.15, 0.2) is 48.9 Å². The highest BCUT2D eigenvalue weighted by molar-refractivity contribution is 6.29. The normalized spacial score (nSPS) is 10.5. The van der Waals surface area contributed by atoms with Gasteiger partial charge in [0.2, 0.25) is 0 Å². The van der Waals surface area contributed by atoms with Crippen LogP contribution in [0.3, 0.4) is 0 Å². The summed E-state index contributed by atoms with van der Waals surface area (Å²) in [6.07, 6.45) is 3.24. The van der Waals surface area contributed by atoms with Crippen LogP contribution in [-0.4, -0.2) is 19.7 Å². The second kappa shape index (κ2) is 5.30. The van der Waals surface area contributed by atoms with Crippen molar-refractivity contribution in [3.05, 3.63) is 59.6 Å². The Bertz CT molecular complexity index is 727. The topological polar surface area (TPSA) is 52.8 Å². The molecule has 0 unspecified atom stereocenters. The van der Waals surface area contributed by atoms with Gasteiger partial charge in [0.25, 0.3) is 0 Å². The van der Waals surface area contributed by atoms with E-state index in [9.17, 15) is 0 Å². The maximum Gasteiger partial charge on any atom is 0.341 e. The van der Waals surface area contributed by atoms with E-state index in [1.165, 1.54) is 0 Å². The Labute approximate surface area is 120 Å². The SMILES string of the molecule is Cc1cnc(Cl)cc1Oc1ncn(-c2ccccc2)n1. The van der Waals surface area contributed by atoms with Gasteiger partial charge in [0.15, 0.2) is 0 Å². The van der Waals surface area contributed by atoms with Gasteiger partial charge in [-0.1, -0.05) is 29.8 Å². The van der Waals surface area contributed by atoms with Gasteiger partial charge in [-0.05, 0) is 19.1 Å². The number of benzene rings is 1. The average Bonchev–Trinajstić information content (AvgIpc) is 2.92. The number of rotatable bonds is 3. The Balaban J connectivity index is 1.86. The molecule has 0 radical (unpaired) electrons. The first-order valence-corrected chi connectivity index (χ1v) is 6.37. The minimum atomic E-state index is 0.263. The van der Waals surface area contributed by atoms with Crippen LogP contribution in [0.5, 0.6) is 11.8 Å². The van der Waals surface area contributed by atoms with Crippen LogP contribution in [0, 0.1) is 6.92 Å². The zero-order valence-corrected chi connectivity index (χ0v) is 11.4. The van der Waals surface area contributed by atoms with Crippen LogP contribution in [0.2, 0.25) is 5.15 Å². The number of hydrogen-bond donors (Lipinski definition) is 0. The fourth-order valence-electron chi connectivity index (χ4n) is 1.69. The predicted octanol–water partition coefficient (Wildman–Crippen LogP) is 3.42. The molecule has 0 spiro atoms. The number of aromatic nitrogens is 4. The second-order valence-corrected chi connectivity index (χ2v) is 4.57. The lowest BCUT2D eigenvalue weighted by Gasteiger charge is -2.04. The van der Waals surface area contributed by atoms with Crippen LogP contribution >= 0.6 is 11.6 Å². The molecule has 0 fully saturated rings. The van der Waals surface area contributed by atoms with Crippen molar-refractivity contribution >= 4 is 11.6 Å². The standard InChI is InChI=1S/C14H11ClN4O/c1-10-8-16-13(15)7-12(10)20-14-17-9-19(18-14)11-5-3-2-4-6-11/h2-9H,1H3. The summed E-state index contributed by atoms with van der Waals surface area (Å²) in [5.41, 5.74) is 1.78. The highest BCUT2D eigenvalue weighted by Crippen LogP contribution is 2.24. The second-order valence-electron chi connectivity index (χ2n) is 4.18. The molecule has 5 nitrogen and oxygen atoms in total. The fourth-order valence-corrected chi connectivity index (χ4v) is 1.84. The molecule has 0 aliphatic carbocycles. The van der Waals surface area contributed by atoms with Crippen molar-refractivity contribution in [2.75, 3.05) is 0 Å². The highest BCUT2D eigenvalue weighted by Gasteiger charge is 2.08. The molecule has 3 aromatic rings. The molecule has 2 heterocycles. The van der Waals surface area contributed by atoms with Gasteiger partial charge in [-0.3, -0.25) is 0 Å². The maximum atomic E-state index is 5.85. The van der Waals surface area contributed by atoms with Crippen LogP contribution in [0.25, 0.3) is 5.69 Å². The zero-order valence-electron chi connectivity index (χ0n) is 10.7. The molecule has 0 saturated heterocycles. The number of halogens is 1. The van der Waals surface area contributed by atoms with Crippen molar-refractivity contribution in [1.82, 2.24) is 19.7 Å². The highest BCUT2D eigenvalue weighted by atomic mass is 35.5. The quantitative estimate of drug-likeness (QED) is 0.692. The van der Waals surface area contributed by atoms with Gasteiger partial charge < -0.3 is 4.74 Å². The zero-order chi connectivity index (χ0) is 13.9. The van der Waals surface area contributed by atoms with Crippen molar-refractivity contribution in [1.29, 1.82) is 0 Å². The molecule has 0 amide bonds. The molecule has 0 atom stereocenters. The molecule has 6 heteroatoms. The summed E-state index contributed by atoms with van der Waals surface area (Å²) in [4.78, 5) is 8.10. The molecular weight excluding hydrogens is 276 g/mol. The van der Waals surface area contributed by atoms with E-state index < -0.39 is 0 Å². The molecule has 1 aromatic carbocycles. The Kier molecular flexibility index (Phi) is 3.35. The van der Waals surface area contributed by atoms with Gasteiger partial charge in [0.1, 0.15) is 17.2 Å². The predicted molar refractivity (Wildman–Crippen MR) is 75.4 cm³/mol. The monoisotopic (exact) mass is 286 g/mol. The molecule has 0 N–H and O–H groups in total. The summed E-state index contributed by atoms with van der Waals surface area (Å²) in [6.45, 7) is 1.88. The van der Waals surface area contributed by atoms with Gasteiger partial charge >= 0.3 is 6.01 Å². The molecule has 100 valence electrons. The van der Waals surface area contributed by atoms with Gasteiger partial charge in [-0.25, -0.2) is 9.67 Å². The number of ether oxygens (including phenoxy) is 1. The fraction of sp³-hybridized carbons (Fsp3) is 0.0714. The van der Waals surface area contributed by atoms with E-state index in [1.807, 2.05) is 37.3 Å². The summed E-state index contributed by atoms with van der Waals surface area (Å²) in [6, 6.07) is 11.6. The Morgan fingerprint density at radius 1 is 1.15 bits per heavy atom. The van der Waals surface area contributed by atoms with Gasteiger partial charge in [0, 0.05) is 17.8 Å². The smallest absolute Gasteiger partial charge is 0.341 e. The number of hydrogen-bond acceptors (Lipinski definition) is 4. The third-order valence-electron chi connectivity index (χ3n) is 2.71. The summed E-state index contributed by atoms with van der Waals surface area (Å²) >= 11 is 5.85. The molecular formula is C14H11ClN4O. The van der Waals surface area contributed by atoms with E-state index >= 15 is 0 Å². The summed E-state index contributed by atoms with van der Waals surface area (Å²) < 4.78 is 7.27. The summed E-state index contributed by atoms with van der Waals surface area (Å²) in [5.74, 6) is 0.593. The van der Waals surface area contributed by atoms with Crippen molar-refractivity contribution in [2.45, 2.75) is 6.92 Å². The summed E-state index contributed by atoms with van der Waals surface area (Å²) in [5, 5.41) is 4.64. The van der Waals surface area contributed by atoms with E-state index in [0.717, 1.165) is 11.3 Å². The van der Waals surface area contributed by atoms with Crippen LogP contribution < -0.4 is 4.74 Å². The molecule has 0 saturated carbocycles. The maximum absolute atomic E-state index is 5.85. The molecule has 3 rings (SSSR count). The van der Waals surface area contributed by atoms with Crippen molar-refractivity contribution < 1.29 is 4.74 Å². The molecule has 2 aromatic heterocycles. The van der Waals surface area contributed by atoms with Crippen LogP contribution in [-0.2, 0) is 0 Å². The van der Waals surface area contributed by atoms with E-state index in [2.05, 4.69) is 15.1 Å². The molecule has 0 aliphatic heterocycles. The third-order valence-corrected chi connectivity index (χ3v) is 2.92. The van der Waals surface area contributed by atoms with Gasteiger partial charge in [0.05, 0.1) is 5.69 Å². The third kappa shape index (κ3) is 2.62. The Morgan fingerprint density at radius 3 is 2.75 bits per heavy atom. The number of pyridine rings is 1. The number of aryl methyl sites for hydroxylation is 1. The lowest BCUT2D eigenvalue weighted by molar-refractivity contribution is 0.437. The van der Waals surface area contributed by atoms with E-state index in [0.29, 0.717) is 10.9 Å². The van der Waals surface area contributed by atoms with Gasteiger partial charge in [-0.2, -0.15) is 4.98 Å². The molecule has 0 aliphatic rings. The summed E-state index contributed by atoms with van der Waals surface area (Å²) in [7, 11) is 0. The van der Waals surface area contributed by atoms with Crippen molar-refractivity contribution in [3.8, 4) is 17.4 Å². The van der Waals surface area contributed by atoms with Crippen molar-refractivity contribution in [2.24, 2.45) is 0 Å². The first-order valence-electron chi connectivity index (χ1n) is 5.99. The molecule has 20 heavy (non-hydrogen) atoms.